The molecule has 0 N–H and O–H groups in total. The molecule has 0 spiro atoms. The topological polar surface area (TPSA) is 37.4 Å². The van der Waals surface area contributed by atoms with Gasteiger partial charge in [-0.15, -0.1) is 11.3 Å². The van der Waals surface area contributed by atoms with Gasteiger partial charge in [-0.25, -0.2) is 8.42 Å². The van der Waals surface area contributed by atoms with Crippen LogP contribution in [0.15, 0.2) is 28.5 Å². The van der Waals surface area contributed by atoms with Crippen molar-refractivity contribution >= 4 is 21.4 Å². The molecule has 3 nitrogen and oxygen atoms in total. The first kappa shape index (κ1) is 18.6. The van der Waals surface area contributed by atoms with E-state index in [1.807, 2.05) is 32.9 Å². The molecule has 3 rings (SSSR count). The maximum atomic E-state index is 13.6. The highest BCUT2D eigenvalue weighted by molar-refractivity contribution is 7.89. The molecule has 5 heteroatoms. The van der Waals surface area contributed by atoms with Crippen LogP contribution in [-0.2, 0) is 10.0 Å². The molecule has 1 aliphatic rings. The van der Waals surface area contributed by atoms with Crippen LogP contribution in [0.2, 0.25) is 0 Å². The number of thiophene rings is 1. The van der Waals surface area contributed by atoms with E-state index in [0.717, 1.165) is 42.4 Å². The zero-order chi connectivity index (χ0) is 18.2. The van der Waals surface area contributed by atoms with Crippen LogP contribution in [0, 0.1) is 27.7 Å². The van der Waals surface area contributed by atoms with Gasteiger partial charge in [0.05, 0.1) is 10.9 Å². The average molecular weight is 378 g/mol. The number of hydrogen-bond acceptors (Lipinski definition) is 3. The largest absolute Gasteiger partial charge is 0.244 e. The van der Waals surface area contributed by atoms with Gasteiger partial charge in [-0.3, -0.25) is 0 Å². The lowest BCUT2D eigenvalue weighted by Crippen LogP contribution is -2.35. The maximum Gasteiger partial charge on any atom is 0.244 e. The fourth-order valence-electron chi connectivity index (χ4n) is 4.05. The first-order valence-electron chi connectivity index (χ1n) is 8.96. The number of aryl methyl sites for hydroxylation is 4. The van der Waals surface area contributed by atoms with Crippen LogP contribution in [0.3, 0.4) is 0 Å². The second-order valence-corrected chi connectivity index (χ2v) is 9.95. The van der Waals surface area contributed by atoms with Crippen LogP contribution in [0.25, 0.3) is 0 Å². The minimum absolute atomic E-state index is 0.0346. The normalized spacial score (nSPS) is 19.8. The SMILES string of the molecule is Cc1cc(C)c(S(=O)(=O)N2CCCCC[C@@H]2c2sccc2C)c(C)c1. The molecule has 1 atom stereocenters. The predicted octanol–water partition coefficient (Wildman–Crippen LogP) is 5.29. The van der Waals surface area contributed by atoms with E-state index in [2.05, 4.69) is 18.4 Å². The highest BCUT2D eigenvalue weighted by Gasteiger charge is 2.36. The molecule has 0 radical (unpaired) electrons. The number of nitrogens with zero attached hydrogens (tertiary/aromatic N) is 1. The Bertz CT molecular complexity index is 845. The van der Waals surface area contributed by atoms with Gasteiger partial charge >= 0.3 is 0 Å². The van der Waals surface area contributed by atoms with Crippen LogP contribution in [-0.4, -0.2) is 19.3 Å². The molecule has 0 saturated carbocycles. The van der Waals surface area contributed by atoms with Gasteiger partial charge in [-0.1, -0.05) is 30.5 Å². The van der Waals surface area contributed by atoms with E-state index in [0.29, 0.717) is 11.4 Å². The van der Waals surface area contributed by atoms with Crippen LogP contribution >= 0.6 is 11.3 Å². The van der Waals surface area contributed by atoms with Crippen molar-refractivity contribution in [2.24, 2.45) is 0 Å². The Balaban J connectivity index is 2.12. The maximum absolute atomic E-state index is 13.6. The Morgan fingerprint density at radius 1 is 1.00 bits per heavy atom. The summed E-state index contributed by atoms with van der Waals surface area (Å²) in [6.07, 6.45) is 4.02. The summed E-state index contributed by atoms with van der Waals surface area (Å²) in [5, 5.41) is 2.07. The number of rotatable bonds is 3. The van der Waals surface area contributed by atoms with E-state index >= 15 is 0 Å². The Labute approximate surface area is 155 Å². The standard InChI is InChI=1S/C20H27NO2S2/c1-14-12-16(3)20(17(4)13-14)25(22,23)21-10-7-5-6-8-18(21)19-15(2)9-11-24-19/h9,11-13,18H,5-8,10H2,1-4H3/t18-/m1/s1. The number of benzene rings is 1. The summed E-state index contributed by atoms with van der Waals surface area (Å²) in [6.45, 7) is 8.54. The van der Waals surface area contributed by atoms with Gasteiger partial charge in [0, 0.05) is 11.4 Å². The van der Waals surface area contributed by atoms with Gasteiger partial charge in [0.1, 0.15) is 0 Å². The molecule has 1 fully saturated rings. The Morgan fingerprint density at radius 2 is 1.68 bits per heavy atom. The zero-order valence-electron chi connectivity index (χ0n) is 15.5. The Hall–Kier alpha value is -1.17. The van der Waals surface area contributed by atoms with E-state index in [9.17, 15) is 8.42 Å². The smallest absolute Gasteiger partial charge is 0.207 e. The van der Waals surface area contributed by atoms with Gasteiger partial charge in [0.2, 0.25) is 10.0 Å². The van der Waals surface area contributed by atoms with Crippen LogP contribution < -0.4 is 0 Å². The minimum Gasteiger partial charge on any atom is -0.207 e. The average Bonchev–Trinajstić information content (AvgIpc) is 2.79. The van der Waals surface area contributed by atoms with E-state index in [1.54, 1.807) is 15.6 Å². The molecule has 0 aliphatic carbocycles. The summed E-state index contributed by atoms with van der Waals surface area (Å²) in [4.78, 5) is 1.70. The molecule has 1 aliphatic heterocycles. The molecule has 0 bridgehead atoms. The molecular weight excluding hydrogens is 350 g/mol. The van der Waals surface area contributed by atoms with Gasteiger partial charge in [-0.05, 0) is 68.7 Å². The molecule has 136 valence electrons. The third kappa shape index (κ3) is 3.55. The Morgan fingerprint density at radius 3 is 2.28 bits per heavy atom. The van der Waals surface area contributed by atoms with E-state index in [1.165, 1.54) is 10.4 Å². The summed E-state index contributed by atoms with van der Waals surface area (Å²) in [5.74, 6) is 0. The van der Waals surface area contributed by atoms with Crippen molar-refractivity contribution in [3.05, 3.63) is 50.7 Å². The molecule has 1 aromatic heterocycles. The molecule has 1 aromatic carbocycles. The first-order valence-corrected chi connectivity index (χ1v) is 11.3. The van der Waals surface area contributed by atoms with Crippen molar-refractivity contribution in [1.29, 1.82) is 0 Å². The second kappa shape index (κ2) is 7.22. The minimum atomic E-state index is -3.52. The monoisotopic (exact) mass is 377 g/mol. The van der Waals surface area contributed by atoms with Crippen molar-refractivity contribution in [2.75, 3.05) is 6.54 Å². The highest BCUT2D eigenvalue weighted by Crippen LogP contribution is 2.39. The lowest BCUT2D eigenvalue weighted by atomic mass is 10.1. The third-order valence-electron chi connectivity index (χ3n) is 5.08. The van der Waals surface area contributed by atoms with E-state index in [-0.39, 0.29) is 6.04 Å². The van der Waals surface area contributed by atoms with Crippen molar-refractivity contribution in [3.8, 4) is 0 Å². The highest BCUT2D eigenvalue weighted by atomic mass is 32.2. The van der Waals surface area contributed by atoms with E-state index < -0.39 is 10.0 Å². The van der Waals surface area contributed by atoms with Gasteiger partial charge in [-0.2, -0.15) is 4.31 Å². The van der Waals surface area contributed by atoms with Crippen LogP contribution in [0.1, 0.15) is 58.9 Å². The zero-order valence-corrected chi connectivity index (χ0v) is 17.1. The lowest BCUT2D eigenvalue weighted by Gasteiger charge is -2.30. The van der Waals surface area contributed by atoms with Crippen molar-refractivity contribution in [3.63, 3.8) is 0 Å². The summed E-state index contributed by atoms with van der Waals surface area (Å²) in [7, 11) is -3.52. The van der Waals surface area contributed by atoms with Crippen molar-refractivity contribution in [2.45, 2.75) is 64.3 Å². The molecule has 25 heavy (non-hydrogen) atoms. The molecule has 2 aromatic rings. The summed E-state index contributed by atoms with van der Waals surface area (Å²) in [6, 6.07) is 6.01. The molecule has 1 saturated heterocycles. The fraction of sp³-hybridized carbons (Fsp3) is 0.500. The summed E-state index contributed by atoms with van der Waals surface area (Å²) < 4.78 is 29.1. The summed E-state index contributed by atoms with van der Waals surface area (Å²) in [5.41, 5.74) is 4.01. The molecule has 2 heterocycles. The third-order valence-corrected chi connectivity index (χ3v) is 8.41. The molecular formula is C20H27NO2S2. The number of hydrogen-bond donors (Lipinski definition) is 0. The van der Waals surface area contributed by atoms with E-state index in [4.69, 9.17) is 0 Å². The lowest BCUT2D eigenvalue weighted by molar-refractivity contribution is 0.332. The van der Waals surface area contributed by atoms with Gasteiger partial charge in [0.25, 0.3) is 0 Å². The van der Waals surface area contributed by atoms with Crippen molar-refractivity contribution in [1.82, 2.24) is 4.31 Å². The van der Waals surface area contributed by atoms with Gasteiger partial charge < -0.3 is 0 Å². The van der Waals surface area contributed by atoms with Gasteiger partial charge in [0.15, 0.2) is 0 Å². The van der Waals surface area contributed by atoms with Crippen LogP contribution in [0.4, 0.5) is 0 Å². The second-order valence-electron chi connectivity index (χ2n) is 7.18. The predicted molar refractivity (Wildman–Crippen MR) is 105 cm³/mol. The van der Waals surface area contributed by atoms with Crippen LogP contribution in [0.5, 0.6) is 0 Å². The summed E-state index contributed by atoms with van der Waals surface area (Å²) >= 11 is 1.69. The quantitative estimate of drug-likeness (QED) is 0.729. The first-order chi connectivity index (χ1) is 11.8. The molecule has 0 amide bonds. The Kier molecular flexibility index (Phi) is 5.37. The fourth-order valence-corrected chi connectivity index (χ4v) is 7.27. The van der Waals surface area contributed by atoms with Crippen molar-refractivity contribution < 1.29 is 8.42 Å². The molecule has 0 unspecified atom stereocenters. The number of sulfonamides is 1.